The molecule has 5 nitrogen and oxygen atoms in total. The second-order valence-corrected chi connectivity index (χ2v) is 10.2. The third-order valence-electron chi connectivity index (χ3n) is 7.31. The Morgan fingerprint density at radius 1 is 0.780 bits per heavy atom. The summed E-state index contributed by atoms with van der Waals surface area (Å²) in [6.45, 7) is 5.25. The third kappa shape index (κ3) is 7.31. The number of nitrogens with zero attached hydrogens (tertiary/aromatic N) is 1. The number of aryl methyl sites for hydroxylation is 1. The van der Waals surface area contributed by atoms with Crippen molar-refractivity contribution in [2.24, 2.45) is 0 Å². The first kappa shape index (κ1) is 27.9. The van der Waals surface area contributed by atoms with Crippen LogP contribution in [0.1, 0.15) is 42.0 Å². The first-order valence-electron chi connectivity index (χ1n) is 14.2. The molecule has 0 aliphatic heterocycles. The highest BCUT2D eigenvalue weighted by Gasteiger charge is 2.11. The smallest absolute Gasteiger partial charge is 0.216 e. The van der Waals surface area contributed by atoms with E-state index in [4.69, 9.17) is 9.47 Å². The lowest BCUT2D eigenvalue weighted by molar-refractivity contribution is -0.118. The summed E-state index contributed by atoms with van der Waals surface area (Å²) in [4.78, 5) is 15.8. The van der Waals surface area contributed by atoms with Crippen molar-refractivity contribution in [2.75, 3.05) is 6.54 Å². The number of hydrogen-bond donors (Lipinski definition) is 1. The zero-order chi connectivity index (χ0) is 28.4. The van der Waals surface area contributed by atoms with Gasteiger partial charge in [-0.15, -0.1) is 0 Å². The molecule has 1 heterocycles. The molecule has 208 valence electrons. The van der Waals surface area contributed by atoms with Crippen molar-refractivity contribution in [3.8, 4) is 22.6 Å². The molecule has 1 N–H and O–H groups in total. The number of ether oxygens (including phenoxy) is 2. The van der Waals surface area contributed by atoms with Gasteiger partial charge in [-0.1, -0.05) is 78.9 Å². The predicted octanol–water partition coefficient (Wildman–Crippen LogP) is 7.83. The van der Waals surface area contributed by atoms with Crippen LogP contribution in [0.2, 0.25) is 0 Å². The van der Waals surface area contributed by atoms with Gasteiger partial charge in [-0.3, -0.25) is 9.78 Å². The Balaban J connectivity index is 1.33. The summed E-state index contributed by atoms with van der Waals surface area (Å²) in [5.41, 5.74) is 7.90. The van der Waals surface area contributed by atoms with Gasteiger partial charge in [-0.2, -0.15) is 0 Å². The van der Waals surface area contributed by atoms with E-state index in [-0.39, 0.29) is 5.91 Å². The average molecular weight is 545 g/mol. The fraction of sp³-hybridized carbons (Fsp3) is 0.222. The number of fused-ring (bicyclic) bond motifs is 1. The highest BCUT2D eigenvalue weighted by molar-refractivity contribution is 5.81. The number of amides is 1. The van der Waals surface area contributed by atoms with Gasteiger partial charge < -0.3 is 14.8 Å². The van der Waals surface area contributed by atoms with Crippen LogP contribution in [0.5, 0.6) is 11.5 Å². The maximum atomic E-state index is 11.2. The average Bonchev–Trinajstić information content (AvgIpc) is 3.00. The van der Waals surface area contributed by atoms with E-state index >= 15 is 0 Å². The Morgan fingerprint density at radius 3 is 2.41 bits per heavy atom. The fourth-order valence-electron chi connectivity index (χ4n) is 5.04. The zero-order valence-corrected chi connectivity index (χ0v) is 23.7. The number of unbranched alkanes of at least 4 members (excludes halogenated alkanes) is 1. The van der Waals surface area contributed by atoms with Crippen molar-refractivity contribution in [1.29, 1.82) is 0 Å². The Bertz CT molecular complexity index is 1610. The minimum Gasteiger partial charge on any atom is -0.489 e. The van der Waals surface area contributed by atoms with Gasteiger partial charge in [0.25, 0.3) is 0 Å². The van der Waals surface area contributed by atoms with E-state index in [1.807, 2.05) is 36.5 Å². The second-order valence-electron chi connectivity index (χ2n) is 10.2. The Morgan fingerprint density at radius 2 is 1.56 bits per heavy atom. The molecular weight excluding hydrogens is 508 g/mol. The maximum Gasteiger partial charge on any atom is 0.216 e. The van der Waals surface area contributed by atoms with E-state index in [1.54, 1.807) is 6.92 Å². The summed E-state index contributed by atoms with van der Waals surface area (Å²) in [5, 5.41) is 3.97. The lowest BCUT2D eigenvalue weighted by Crippen LogP contribution is -2.20. The van der Waals surface area contributed by atoms with Crippen LogP contribution in [0.15, 0.2) is 103 Å². The highest BCUT2D eigenvalue weighted by atomic mass is 16.5. The number of pyridine rings is 1. The largest absolute Gasteiger partial charge is 0.489 e. The molecule has 0 fully saturated rings. The van der Waals surface area contributed by atoms with Gasteiger partial charge in [0.05, 0.1) is 5.52 Å². The molecule has 0 atom stereocenters. The number of para-hydroxylation sites is 1. The van der Waals surface area contributed by atoms with Crippen LogP contribution in [0, 0.1) is 6.92 Å². The summed E-state index contributed by atoms with van der Waals surface area (Å²) >= 11 is 0. The van der Waals surface area contributed by atoms with Crippen LogP contribution in [0.4, 0.5) is 0 Å². The lowest BCUT2D eigenvalue weighted by atomic mass is 9.97. The van der Waals surface area contributed by atoms with E-state index in [1.165, 1.54) is 16.7 Å². The van der Waals surface area contributed by atoms with Crippen LogP contribution >= 0.6 is 0 Å². The molecule has 0 saturated carbocycles. The summed E-state index contributed by atoms with van der Waals surface area (Å²) in [7, 11) is 0. The molecule has 5 heteroatoms. The van der Waals surface area contributed by atoms with E-state index in [2.05, 4.69) is 84.0 Å². The quantitative estimate of drug-likeness (QED) is 0.163. The standard InChI is InChI=1S/C36H36N2O3/c1-26-31(15-9-18-34(26)28-11-4-3-5-12-28)24-40-33-20-19-29(13-6-7-21-37-27(2)39)35(23-33)41-25-32-16-8-14-30-17-10-22-38-36(30)32/h3-5,8-12,14-20,22-23H,6-7,13,21,24-25H2,1-2H3,(H,37,39). The van der Waals surface area contributed by atoms with Gasteiger partial charge in [-0.25, -0.2) is 0 Å². The van der Waals surface area contributed by atoms with E-state index in [9.17, 15) is 4.79 Å². The number of carbonyl (C=O) groups excluding carboxylic acids is 1. The van der Waals surface area contributed by atoms with Crippen molar-refractivity contribution in [2.45, 2.75) is 46.3 Å². The van der Waals surface area contributed by atoms with Crippen LogP contribution < -0.4 is 14.8 Å². The number of benzene rings is 4. The molecule has 0 aliphatic carbocycles. The molecule has 0 spiro atoms. The molecule has 0 unspecified atom stereocenters. The molecule has 1 aromatic heterocycles. The first-order valence-corrected chi connectivity index (χ1v) is 14.2. The zero-order valence-electron chi connectivity index (χ0n) is 23.7. The van der Waals surface area contributed by atoms with Gasteiger partial charge in [0.2, 0.25) is 5.91 Å². The van der Waals surface area contributed by atoms with Crippen LogP contribution in [0.3, 0.4) is 0 Å². The van der Waals surface area contributed by atoms with Crippen molar-refractivity contribution in [3.63, 3.8) is 0 Å². The molecule has 41 heavy (non-hydrogen) atoms. The third-order valence-corrected chi connectivity index (χ3v) is 7.31. The van der Waals surface area contributed by atoms with Crippen molar-refractivity contribution in [1.82, 2.24) is 10.3 Å². The van der Waals surface area contributed by atoms with E-state index in [0.29, 0.717) is 19.8 Å². The molecular formula is C36H36N2O3. The molecule has 0 aliphatic rings. The number of rotatable bonds is 12. The molecule has 0 bridgehead atoms. The number of aromatic nitrogens is 1. The molecule has 5 aromatic rings. The summed E-state index contributed by atoms with van der Waals surface area (Å²) in [6.07, 6.45) is 4.51. The second kappa shape index (κ2) is 13.6. The van der Waals surface area contributed by atoms with E-state index < -0.39 is 0 Å². The SMILES string of the molecule is CC(=O)NCCCCc1ccc(OCc2cccc(-c3ccccc3)c2C)cc1OCc1cccc2cccnc12. The van der Waals surface area contributed by atoms with Gasteiger partial charge in [-0.05, 0) is 66.1 Å². The molecule has 4 aromatic carbocycles. The monoisotopic (exact) mass is 544 g/mol. The van der Waals surface area contributed by atoms with Gasteiger partial charge in [0.1, 0.15) is 24.7 Å². The van der Waals surface area contributed by atoms with Crippen molar-refractivity contribution in [3.05, 3.63) is 126 Å². The summed E-state index contributed by atoms with van der Waals surface area (Å²) in [6, 6.07) is 33.1. The molecule has 1 amide bonds. The molecule has 0 saturated heterocycles. The molecule has 5 rings (SSSR count). The minimum atomic E-state index is 0.00348. The Labute approximate surface area is 242 Å². The summed E-state index contributed by atoms with van der Waals surface area (Å²) in [5.74, 6) is 1.58. The van der Waals surface area contributed by atoms with Gasteiger partial charge >= 0.3 is 0 Å². The number of carbonyl (C=O) groups is 1. The normalized spacial score (nSPS) is 10.9. The maximum absolute atomic E-state index is 11.2. The van der Waals surface area contributed by atoms with Gasteiger partial charge in [0, 0.05) is 36.7 Å². The van der Waals surface area contributed by atoms with Gasteiger partial charge in [0.15, 0.2) is 0 Å². The van der Waals surface area contributed by atoms with Crippen molar-refractivity contribution < 1.29 is 14.3 Å². The minimum absolute atomic E-state index is 0.00348. The fourth-order valence-corrected chi connectivity index (χ4v) is 5.04. The molecule has 0 radical (unpaired) electrons. The van der Waals surface area contributed by atoms with Crippen LogP contribution in [0.25, 0.3) is 22.0 Å². The number of nitrogens with one attached hydrogen (secondary N) is 1. The van der Waals surface area contributed by atoms with Crippen LogP contribution in [-0.2, 0) is 24.4 Å². The van der Waals surface area contributed by atoms with E-state index in [0.717, 1.165) is 58.4 Å². The van der Waals surface area contributed by atoms with Crippen molar-refractivity contribution >= 4 is 16.8 Å². The highest BCUT2D eigenvalue weighted by Crippen LogP contribution is 2.30. The topological polar surface area (TPSA) is 60.5 Å². The number of hydrogen-bond acceptors (Lipinski definition) is 4. The lowest BCUT2D eigenvalue weighted by Gasteiger charge is -2.16. The predicted molar refractivity (Wildman–Crippen MR) is 165 cm³/mol. The Kier molecular flexibility index (Phi) is 9.27. The first-order chi connectivity index (χ1) is 20.1. The van der Waals surface area contributed by atoms with Crippen LogP contribution in [-0.4, -0.2) is 17.4 Å². The Hall–Kier alpha value is -4.64. The summed E-state index contributed by atoms with van der Waals surface area (Å²) < 4.78 is 12.7.